The number of aromatic nitrogens is 4. The number of tetrazole rings is 1. The number of halogens is 4. The zero-order chi connectivity index (χ0) is 22.9. The molecule has 1 aromatic heterocycles. The third-order valence-electron chi connectivity index (χ3n) is 3.97. The van der Waals surface area contributed by atoms with Gasteiger partial charge in [-0.05, 0) is 47.0 Å². The molecule has 0 radical (unpaired) electrons. The Balaban J connectivity index is 1.45. The molecule has 0 bridgehead atoms. The average Bonchev–Trinajstić information content (AvgIpc) is 3.24. The first kappa shape index (κ1) is 24.8. The van der Waals surface area contributed by atoms with Gasteiger partial charge in [0.05, 0.1) is 28.9 Å². The largest absolute Gasteiger partial charge is 0.493 e. The Morgan fingerprint density at radius 1 is 1.00 bits per heavy atom. The lowest BCUT2D eigenvalue weighted by atomic mass is 10.3. The summed E-state index contributed by atoms with van der Waals surface area (Å²) in [7, 11) is 0. The Morgan fingerprint density at radius 2 is 1.69 bits per heavy atom. The summed E-state index contributed by atoms with van der Waals surface area (Å²) >= 11 is 25.1. The summed E-state index contributed by atoms with van der Waals surface area (Å²) in [6.45, 7) is 1.04. The smallest absolute Gasteiger partial charge is 0.213 e. The molecule has 0 aliphatic rings. The van der Waals surface area contributed by atoms with Crippen molar-refractivity contribution in [3.8, 4) is 22.9 Å². The van der Waals surface area contributed by atoms with Crippen LogP contribution in [0.4, 0.5) is 0 Å². The highest BCUT2D eigenvalue weighted by atomic mass is 35.5. The van der Waals surface area contributed by atoms with Crippen LogP contribution in [0.2, 0.25) is 10.0 Å². The second kappa shape index (κ2) is 12.4. The molecule has 170 valence electrons. The van der Waals surface area contributed by atoms with Crippen molar-refractivity contribution < 1.29 is 14.2 Å². The van der Waals surface area contributed by atoms with E-state index in [4.69, 9.17) is 60.6 Å². The van der Waals surface area contributed by atoms with Crippen LogP contribution in [0.15, 0.2) is 52.1 Å². The van der Waals surface area contributed by atoms with Crippen molar-refractivity contribution in [1.82, 2.24) is 20.2 Å². The fourth-order valence-corrected chi connectivity index (χ4v) is 3.67. The summed E-state index contributed by atoms with van der Waals surface area (Å²) in [5.74, 6) is 1.61. The van der Waals surface area contributed by atoms with Crippen molar-refractivity contribution in [3.63, 3.8) is 0 Å². The van der Waals surface area contributed by atoms with Gasteiger partial charge in [-0.15, -0.1) is 5.10 Å². The minimum atomic E-state index is 0.123. The predicted octanol–water partition coefficient (Wildman–Crippen LogP) is 6.24. The maximum atomic E-state index is 6.26. The zero-order valence-corrected chi connectivity index (χ0v) is 20.6. The van der Waals surface area contributed by atoms with E-state index in [1.807, 2.05) is 30.5 Å². The maximum Gasteiger partial charge on any atom is 0.213 e. The number of thioether (sulfide) groups is 1. The first-order valence-electron chi connectivity index (χ1n) is 9.29. The highest BCUT2D eigenvalue weighted by Crippen LogP contribution is 2.37. The first-order chi connectivity index (χ1) is 15.5. The van der Waals surface area contributed by atoms with Crippen molar-refractivity contribution in [3.05, 3.63) is 57.0 Å². The van der Waals surface area contributed by atoms with Crippen LogP contribution in [0.3, 0.4) is 0 Å². The number of hydrogen-bond donors (Lipinski definition) is 0. The molecular formula is C20H18Cl4N4O3S. The molecule has 32 heavy (non-hydrogen) atoms. The molecule has 3 aromatic rings. The third-order valence-corrected chi connectivity index (χ3v) is 5.46. The lowest BCUT2D eigenvalue weighted by Gasteiger charge is -2.12. The summed E-state index contributed by atoms with van der Waals surface area (Å²) in [6.07, 6.45) is 4.06. The molecule has 0 N–H and O–H groups in total. The zero-order valence-electron chi connectivity index (χ0n) is 16.8. The van der Waals surface area contributed by atoms with Gasteiger partial charge in [-0.2, -0.15) is 4.68 Å². The maximum absolute atomic E-state index is 6.26. The van der Waals surface area contributed by atoms with Crippen LogP contribution < -0.4 is 14.2 Å². The van der Waals surface area contributed by atoms with Crippen LogP contribution in [0, 0.1) is 0 Å². The van der Waals surface area contributed by atoms with E-state index < -0.39 is 0 Å². The number of hydrogen-bond acceptors (Lipinski definition) is 7. The molecule has 0 unspecified atom stereocenters. The average molecular weight is 536 g/mol. The molecule has 1 heterocycles. The molecule has 2 aromatic carbocycles. The standard InChI is InChI=1S/C20H18Cl4N4O3S/c1-32-20-25-26-27-28(20)13-3-5-14(6-4-13)29-8-2-9-31-19-16(21)11-15(12-17(19)22)30-10-7-18(23)24/h3-7,11-12H,2,8-10H2,1H3. The summed E-state index contributed by atoms with van der Waals surface area (Å²) in [6, 6.07) is 10.7. The van der Waals surface area contributed by atoms with Crippen LogP contribution in [0.25, 0.3) is 5.69 Å². The molecule has 0 aliphatic carbocycles. The van der Waals surface area contributed by atoms with Crippen molar-refractivity contribution in [2.75, 3.05) is 26.1 Å². The molecule has 0 saturated heterocycles. The number of rotatable bonds is 11. The molecule has 0 atom stereocenters. The van der Waals surface area contributed by atoms with Gasteiger partial charge >= 0.3 is 0 Å². The fraction of sp³-hybridized carbons (Fsp3) is 0.250. The second-order valence-electron chi connectivity index (χ2n) is 6.14. The van der Waals surface area contributed by atoms with E-state index in [2.05, 4.69) is 15.5 Å². The van der Waals surface area contributed by atoms with Gasteiger partial charge in [-0.3, -0.25) is 0 Å². The first-order valence-corrected chi connectivity index (χ1v) is 12.0. The lowest BCUT2D eigenvalue weighted by Crippen LogP contribution is -2.06. The lowest BCUT2D eigenvalue weighted by molar-refractivity contribution is 0.247. The van der Waals surface area contributed by atoms with Crippen molar-refractivity contribution in [1.29, 1.82) is 0 Å². The minimum absolute atomic E-state index is 0.123. The van der Waals surface area contributed by atoms with Crippen molar-refractivity contribution in [2.45, 2.75) is 11.6 Å². The summed E-state index contributed by atoms with van der Waals surface area (Å²) in [4.78, 5) is 0. The van der Waals surface area contributed by atoms with Crippen LogP contribution in [-0.4, -0.2) is 46.3 Å². The Hall–Kier alpha value is -1.84. The van der Waals surface area contributed by atoms with Gasteiger partial charge in [0.1, 0.15) is 22.6 Å². The molecule has 0 saturated carbocycles. The van der Waals surface area contributed by atoms with Gasteiger partial charge in [0.25, 0.3) is 0 Å². The van der Waals surface area contributed by atoms with Crippen molar-refractivity contribution in [2.24, 2.45) is 0 Å². The number of benzene rings is 2. The topological polar surface area (TPSA) is 71.3 Å². The molecule has 3 rings (SSSR count). The van der Waals surface area contributed by atoms with E-state index in [0.717, 1.165) is 11.4 Å². The minimum Gasteiger partial charge on any atom is -0.493 e. The van der Waals surface area contributed by atoms with E-state index in [0.29, 0.717) is 46.3 Å². The molecule has 0 fully saturated rings. The summed E-state index contributed by atoms with van der Waals surface area (Å²) in [5.41, 5.74) is 0.855. The second-order valence-corrected chi connectivity index (χ2v) is 8.74. The quantitative estimate of drug-likeness (QED) is 0.212. The van der Waals surface area contributed by atoms with Gasteiger partial charge in [-0.25, -0.2) is 0 Å². The van der Waals surface area contributed by atoms with Crippen LogP contribution in [-0.2, 0) is 0 Å². The van der Waals surface area contributed by atoms with Gasteiger partial charge in [-0.1, -0.05) is 58.2 Å². The SMILES string of the molecule is CSc1nnnn1-c1ccc(OCCCOc2c(Cl)cc(OCC=C(Cl)Cl)cc2Cl)cc1. The van der Waals surface area contributed by atoms with Gasteiger partial charge < -0.3 is 14.2 Å². The molecule has 0 amide bonds. The van der Waals surface area contributed by atoms with Gasteiger partial charge in [0.2, 0.25) is 5.16 Å². The summed E-state index contributed by atoms with van der Waals surface area (Å²) < 4.78 is 18.7. The Bertz CT molecular complexity index is 1040. The predicted molar refractivity (Wildman–Crippen MR) is 128 cm³/mol. The highest BCUT2D eigenvalue weighted by Gasteiger charge is 2.11. The van der Waals surface area contributed by atoms with E-state index in [9.17, 15) is 0 Å². The Morgan fingerprint density at radius 3 is 2.34 bits per heavy atom. The van der Waals surface area contributed by atoms with Gasteiger partial charge in [0, 0.05) is 18.6 Å². The monoisotopic (exact) mass is 534 g/mol. The van der Waals surface area contributed by atoms with Crippen LogP contribution in [0.1, 0.15) is 6.42 Å². The van der Waals surface area contributed by atoms with Crippen LogP contribution in [0.5, 0.6) is 17.2 Å². The van der Waals surface area contributed by atoms with E-state index in [-0.39, 0.29) is 11.1 Å². The van der Waals surface area contributed by atoms with E-state index in [1.54, 1.807) is 16.8 Å². The normalized spacial score (nSPS) is 10.7. The molecular weight excluding hydrogens is 518 g/mol. The summed E-state index contributed by atoms with van der Waals surface area (Å²) in [5, 5.41) is 13.0. The molecule has 0 spiro atoms. The van der Waals surface area contributed by atoms with Crippen LogP contribution >= 0.6 is 58.2 Å². The number of ether oxygens (including phenoxy) is 3. The molecule has 7 nitrogen and oxygen atoms in total. The molecule has 0 aliphatic heterocycles. The fourth-order valence-electron chi connectivity index (χ4n) is 2.53. The Kier molecular flexibility index (Phi) is 9.62. The Labute approximate surface area is 209 Å². The third kappa shape index (κ3) is 7.08. The van der Waals surface area contributed by atoms with Gasteiger partial charge in [0.15, 0.2) is 5.75 Å². The van der Waals surface area contributed by atoms with E-state index in [1.165, 1.54) is 17.8 Å². The molecule has 12 heteroatoms. The van der Waals surface area contributed by atoms with Crippen molar-refractivity contribution >= 4 is 58.2 Å². The number of nitrogens with zero attached hydrogens (tertiary/aromatic N) is 4. The highest BCUT2D eigenvalue weighted by molar-refractivity contribution is 7.98. The van der Waals surface area contributed by atoms with E-state index >= 15 is 0 Å².